The second kappa shape index (κ2) is 8.96. The predicted molar refractivity (Wildman–Crippen MR) is 112 cm³/mol. The third-order valence-corrected chi connectivity index (χ3v) is 5.34. The van der Waals surface area contributed by atoms with E-state index in [4.69, 9.17) is 14.0 Å². The zero-order valence-corrected chi connectivity index (χ0v) is 18.4. The van der Waals surface area contributed by atoms with Crippen LogP contribution >= 0.6 is 0 Å². The molecule has 1 atom stereocenters. The summed E-state index contributed by atoms with van der Waals surface area (Å²) in [5.74, 6) is 0.651. The molecule has 0 saturated carbocycles. The minimum atomic E-state index is -2.97. The Balaban J connectivity index is 1.52. The van der Waals surface area contributed by atoms with Crippen LogP contribution in [0.2, 0.25) is 0 Å². The maximum absolute atomic E-state index is 13.1. The molecule has 1 aliphatic heterocycles. The lowest BCUT2D eigenvalue weighted by Gasteiger charge is -2.22. The Hall–Kier alpha value is -4.22. The topological polar surface area (TPSA) is 116 Å². The Morgan fingerprint density at radius 2 is 1.79 bits per heavy atom. The number of amides is 3. The zero-order valence-electron chi connectivity index (χ0n) is 18.4. The summed E-state index contributed by atoms with van der Waals surface area (Å²) in [6, 6.07) is 9.85. The Labute approximate surface area is 192 Å². The fourth-order valence-corrected chi connectivity index (χ4v) is 3.55. The van der Waals surface area contributed by atoms with Gasteiger partial charge < -0.3 is 24.1 Å². The standard InChI is InChI=1S/C22H20F2N4O6/c1-22(13-5-7-14(8-6-13)33-20(23)24)19(29)28(21(30)26-22)11-17-25-18(27-34-17)12-4-9-15(31-2)16(10-12)32-3/h4-10,20H,11H2,1-3H3,(H,26,30). The number of urea groups is 1. The summed E-state index contributed by atoms with van der Waals surface area (Å²) in [5, 5.41) is 6.53. The molecular formula is C22H20F2N4O6. The highest BCUT2D eigenvalue weighted by atomic mass is 19.3. The minimum absolute atomic E-state index is 0.0400. The van der Waals surface area contributed by atoms with Gasteiger partial charge in [0.2, 0.25) is 11.7 Å². The van der Waals surface area contributed by atoms with E-state index < -0.39 is 24.1 Å². The maximum atomic E-state index is 13.1. The number of nitrogens with zero attached hydrogens (tertiary/aromatic N) is 3. The Morgan fingerprint density at radius 1 is 1.09 bits per heavy atom. The number of methoxy groups -OCH3 is 2. The van der Waals surface area contributed by atoms with Crippen molar-refractivity contribution in [3.8, 4) is 28.6 Å². The number of hydrogen-bond acceptors (Lipinski definition) is 8. The summed E-state index contributed by atoms with van der Waals surface area (Å²) >= 11 is 0. The fraction of sp³-hybridized carbons (Fsp3) is 0.273. The van der Waals surface area contributed by atoms with E-state index in [1.807, 2.05) is 0 Å². The van der Waals surface area contributed by atoms with Gasteiger partial charge in [0.05, 0.1) is 14.2 Å². The molecule has 3 aromatic rings. The minimum Gasteiger partial charge on any atom is -0.493 e. The van der Waals surface area contributed by atoms with Crippen LogP contribution in [0.15, 0.2) is 47.0 Å². The van der Waals surface area contributed by atoms with Gasteiger partial charge >= 0.3 is 12.6 Å². The molecule has 1 unspecified atom stereocenters. The van der Waals surface area contributed by atoms with Crippen molar-refractivity contribution in [3.63, 3.8) is 0 Å². The first-order valence-electron chi connectivity index (χ1n) is 9.99. The molecule has 4 rings (SSSR count). The van der Waals surface area contributed by atoms with E-state index in [1.54, 1.807) is 18.2 Å². The summed E-state index contributed by atoms with van der Waals surface area (Å²) in [6.07, 6.45) is 0. The van der Waals surface area contributed by atoms with Crippen LogP contribution in [0.5, 0.6) is 17.2 Å². The van der Waals surface area contributed by atoms with E-state index in [0.717, 1.165) is 4.90 Å². The third kappa shape index (κ3) is 4.21. The van der Waals surface area contributed by atoms with Crippen LogP contribution in [0.25, 0.3) is 11.4 Å². The van der Waals surface area contributed by atoms with Crippen molar-refractivity contribution in [2.24, 2.45) is 0 Å². The van der Waals surface area contributed by atoms with Crippen LogP contribution in [0.3, 0.4) is 0 Å². The molecule has 1 saturated heterocycles. The van der Waals surface area contributed by atoms with Crippen LogP contribution in [0.1, 0.15) is 18.4 Å². The third-order valence-electron chi connectivity index (χ3n) is 5.34. The summed E-state index contributed by atoms with van der Waals surface area (Å²) in [6.45, 7) is -1.71. The largest absolute Gasteiger partial charge is 0.493 e. The molecule has 10 nitrogen and oxygen atoms in total. The van der Waals surface area contributed by atoms with E-state index in [1.165, 1.54) is 45.4 Å². The fourth-order valence-electron chi connectivity index (χ4n) is 3.55. The van der Waals surface area contributed by atoms with Gasteiger partial charge in [-0.05, 0) is 42.8 Å². The van der Waals surface area contributed by atoms with Gasteiger partial charge in [-0.3, -0.25) is 9.69 Å². The van der Waals surface area contributed by atoms with Gasteiger partial charge in [0.15, 0.2) is 11.5 Å². The number of imide groups is 1. The summed E-state index contributed by atoms with van der Waals surface area (Å²) < 4.78 is 44.8. The molecule has 0 radical (unpaired) electrons. The highest BCUT2D eigenvalue weighted by molar-refractivity contribution is 6.07. The molecule has 1 aromatic heterocycles. The first-order valence-corrected chi connectivity index (χ1v) is 9.99. The number of carbonyl (C=O) groups excluding carboxylic acids is 2. The smallest absolute Gasteiger partial charge is 0.387 e. The van der Waals surface area contributed by atoms with Crippen molar-refractivity contribution in [3.05, 3.63) is 53.9 Å². The molecular weight excluding hydrogens is 454 g/mol. The number of halogens is 2. The van der Waals surface area contributed by atoms with Crippen molar-refractivity contribution >= 4 is 11.9 Å². The van der Waals surface area contributed by atoms with E-state index in [2.05, 4.69) is 20.2 Å². The van der Waals surface area contributed by atoms with Gasteiger partial charge in [-0.1, -0.05) is 17.3 Å². The first kappa shape index (κ1) is 23.0. The maximum Gasteiger partial charge on any atom is 0.387 e. The monoisotopic (exact) mass is 474 g/mol. The predicted octanol–water partition coefficient (Wildman–Crippen LogP) is 3.32. The Bertz CT molecular complexity index is 1220. The van der Waals surface area contributed by atoms with Crippen LogP contribution in [-0.4, -0.2) is 47.8 Å². The summed E-state index contributed by atoms with van der Waals surface area (Å²) in [7, 11) is 3.01. The van der Waals surface area contributed by atoms with Gasteiger partial charge in [0.25, 0.3) is 5.91 Å². The van der Waals surface area contributed by atoms with Crippen LogP contribution in [0, 0.1) is 0 Å². The highest BCUT2D eigenvalue weighted by Gasteiger charge is 2.49. The van der Waals surface area contributed by atoms with Crippen LogP contribution < -0.4 is 19.5 Å². The van der Waals surface area contributed by atoms with E-state index in [-0.39, 0.29) is 24.0 Å². The molecule has 1 fully saturated rings. The van der Waals surface area contributed by atoms with Gasteiger partial charge in [0, 0.05) is 5.56 Å². The van der Waals surface area contributed by atoms with Gasteiger partial charge in [-0.15, -0.1) is 0 Å². The van der Waals surface area contributed by atoms with E-state index in [9.17, 15) is 18.4 Å². The molecule has 2 heterocycles. The first-order chi connectivity index (χ1) is 16.2. The number of alkyl halides is 2. The Morgan fingerprint density at radius 3 is 2.44 bits per heavy atom. The zero-order chi connectivity index (χ0) is 24.5. The normalized spacial score (nSPS) is 17.8. The molecule has 0 spiro atoms. The summed E-state index contributed by atoms with van der Waals surface area (Å²) in [5.41, 5.74) is -0.431. The number of nitrogens with one attached hydrogen (secondary N) is 1. The van der Waals surface area contributed by atoms with E-state index in [0.29, 0.717) is 22.6 Å². The lowest BCUT2D eigenvalue weighted by atomic mass is 9.92. The molecule has 3 amide bonds. The molecule has 12 heteroatoms. The number of carbonyl (C=O) groups is 2. The average Bonchev–Trinajstić information content (AvgIpc) is 3.37. The van der Waals surface area contributed by atoms with Crippen LogP contribution in [-0.2, 0) is 16.9 Å². The van der Waals surface area contributed by atoms with Gasteiger partial charge in [-0.2, -0.15) is 13.8 Å². The molecule has 1 N–H and O–H groups in total. The molecule has 178 valence electrons. The number of ether oxygens (including phenoxy) is 3. The van der Waals surface area contributed by atoms with Crippen LogP contribution in [0.4, 0.5) is 13.6 Å². The summed E-state index contributed by atoms with van der Waals surface area (Å²) in [4.78, 5) is 30.9. The lowest BCUT2D eigenvalue weighted by molar-refractivity contribution is -0.131. The Kier molecular flexibility index (Phi) is 6.05. The van der Waals surface area contributed by atoms with Crippen molar-refractivity contribution in [1.29, 1.82) is 0 Å². The second-order valence-corrected chi connectivity index (χ2v) is 7.43. The van der Waals surface area contributed by atoms with Gasteiger partial charge in [0.1, 0.15) is 17.8 Å². The molecule has 1 aliphatic rings. The van der Waals surface area contributed by atoms with Crippen molar-refractivity contribution in [1.82, 2.24) is 20.4 Å². The average molecular weight is 474 g/mol. The molecule has 34 heavy (non-hydrogen) atoms. The number of hydrogen-bond donors (Lipinski definition) is 1. The molecule has 0 aliphatic carbocycles. The van der Waals surface area contributed by atoms with Crippen molar-refractivity contribution in [2.75, 3.05) is 14.2 Å². The number of rotatable bonds is 8. The van der Waals surface area contributed by atoms with Crippen molar-refractivity contribution < 1.29 is 37.1 Å². The molecule has 2 aromatic carbocycles. The van der Waals surface area contributed by atoms with E-state index >= 15 is 0 Å². The van der Waals surface area contributed by atoms with Gasteiger partial charge in [-0.25, -0.2) is 4.79 Å². The lowest BCUT2D eigenvalue weighted by Crippen LogP contribution is -2.40. The molecule has 0 bridgehead atoms. The quantitative estimate of drug-likeness (QED) is 0.495. The van der Waals surface area contributed by atoms with Crippen molar-refractivity contribution in [2.45, 2.75) is 25.6 Å². The SMILES string of the molecule is COc1ccc(-c2noc(CN3C(=O)NC(C)(c4ccc(OC(F)F)cc4)C3=O)n2)cc1OC. The second-order valence-electron chi connectivity index (χ2n) is 7.43. The number of benzene rings is 2. The number of aromatic nitrogens is 2. The highest BCUT2D eigenvalue weighted by Crippen LogP contribution is 2.33.